The summed E-state index contributed by atoms with van der Waals surface area (Å²) in [6.07, 6.45) is 7.94. The molecule has 3 aliphatic rings. The van der Waals surface area contributed by atoms with Crippen LogP contribution in [0.2, 0.25) is 0 Å². The molecule has 0 spiro atoms. The van der Waals surface area contributed by atoms with Crippen LogP contribution in [0.1, 0.15) is 26.7 Å². The Labute approximate surface area is 74.4 Å². The lowest BCUT2D eigenvalue weighted by Crippen LogP contribution is -2.15. The number of hydrogen-bond donors (Lipinski definition) is 0. The Morgan fingerprint density at radius 3 is 2.92 bits per heavy atom. The highest BCUT2D eigenvalue weighted by Crippen LogP contribution is 2.56. The maximum absolute atomic E-state index is 2.55. The number of rotatable bonds is 0. The Morgan fingerprint density at radius 1 is 1.25 bits per heavy atom. The third-order valence-corrected chi connectivity index (χ3v) is 4.13. The van der Waals surface area contributed by atoms with Crippen LogP contribution in [-0.2, 0) is 0 Å². The van der Waals surface area contributed by atoms with E-state index in [2.05, 4.69) is 26.0 Å². The van der Waals surface area contributed by atoms with E-state index in [4.69, 9.17) is 0 Å². The monoisotopic (exact) mass is 160 g/mol. The molecule has 1 fully saturated rings. The van der Waals surface area contributed by atoms with Gasteiger partial charge in [0.05, 0.1) is 0 Å². The van der Waals surface area contributed by atoms with Crippen molar-refractivity contribution in [2.45, 2.75) is 26.7 Å². The molecule has 3 rings (SSSR count). The molecule has 0 saturated heterocycles. The van der Waals surface area contributed by atoms with Gasteiger partial charge in [0, 0.05) is 0 Å². The van der Waals surface area contributed by atoms with E-state index in [-0.39, 0.29) is 0 Å². The van der Waals surface area contributed by atoms with Gasteiger partial charge in [-0.2, -0.15) is 0 Å². The van der Waals surface area contributed by atoms with Crippen LogP contribution in [0.4, 0.5) is 0 Å². The van der Waals surface area contributed by atoms with Crippen molar-refractivity contribution in [2.75, 3.05) is 0 Å². The molecule has 64 valence electrons. The summed E-state index contributed by atoms with van der Waals surface area (Å²) in [5.74, 6) is 3.80. The first-order valence-electron chi connectivity index (χ1n) is 5.11. The molecule has 4 atom stereocenters. The fourth-order valence-electron chi connectivity index (χ4n) is 3.65. The van der Waals surface area contributed by atoms with Crippen molar-refractivity contribution in [3.63, 3.8) is 0 Å². The molecule has 0 aromatic rings. The van der Waals surface area contributed by atoms with Crippen LogP contribution in [0.5, 0.6) is 0 Å². The first-order valence-corrected chi connectivity index (χ1v) is 5.11. The summed E-state index contributed by atoms with van der Waals surface area (Å²) in [4.78, 5) is 0. The summed E-state index contributed by atoms with van der Waals surface area (Å²) in [5, 5.41) is 0. The van der Waals surface area contributed by atoms with Gasteiger partial charge in [0.15, 0.2) is 0 Å². The summed E-state index contributed by atoms with van der Waals surface area (Å²) in [5.41, 5.74) is 3.31. The average Bonchev–Trinajstić information content (AvgIpc) is 2.57. The molecule has 0 N–H and O–H groups in total. The molecule has 0 aliphatic heterocycles. The highest BCUT2D eigenvalue weighted by molar-refractivity contribution is 5.29. The topological polar surface area (TPSA) is 0 Å². The lowest BCUT2D eigenvalue weighted by Gasteiger charge is -2.22. The minimum Gasteiger partial charge on any atom is -0.0819 e. The zero-order valence-electron chi connectivity index (χ0n) is 7.88. The second-order valence-electron chi connectivity index (χ2n) is 4.88. The van der Waals surface area contributed by atoms with Crippen LogP contribution in [-0.4, -0.2) is 0 Å². The molecule has 0 heterocycles. The van der Waals surface area contributed by atoms with Gasteiger partial charge in [0.1, 0.15) is 0 Å². The molecule has 12 heavy (non-hydrogen) atoms. The fourth-order valence-corrected chi connectivity index (χ4v) is 3.65. The predicted molar refractivity (Wildman–Crippen MR) is 50.7 cm³/mol. The highest BCUT2D eigenvalue weighted by Gasteiger charge is 2.47. The Hall–Kier alpha value is -0.520. The Morgan fingerprint density at radius 2 is 2.08 bits per heavy atom. The lowest BCUT2D eigenvalue weighted by molar-refractivity contribution is 0.386. The molecule has 0 unspecified atom stereocenters. The van der Waals surface area contributed by atoms with Crippen molar-refractivity contribution in [1.29, 1.82) is 0 Å². The molecule has 0 nitrogen and oxygen atoms in total. The SMILES string of the molecule is CC1=C[C@@H]2[C@H](C1)[C@@H]1C=C(C)[C@@H]2C1. The summed E-state index contributed by atoms with van der Waals surface area (Å²) in [6.45, 7) is 4.62. The van der Waals surface area contributed by atoms with Crippen molar-refractivity contribution in [1.82, 2.24) is 0 Å². The molecule has 0 heteroatoms. The fraction of sp³-hybridized carbons (Fsp3) is 0.667. The van der Waals surface area contributed by atoms with Crippen LogP contribution < -0.4 is 0 Å². The van der Waals surface area contributed by atoms with Gasteiger partial charge in [-0.3, -0.25) is 0 Å². The van der Waals surface area contributed by atoms with Crippen molar-refractivity contribution in [2.24, 2.45) is 23.7 Å². The van der Waals surface area contributed by atoms with Gasteiger partial charge in [-0.25, -0.2) is 0 Å². The van der Waals surface area contributed by atoms with Crippen LogP contribution >= 0.6 is 0 Å². The van der Waals surface area contributed by atoms with Crippen LogP contribution in [0.25, 0.3) is 0 Å². The Bertz CT molecular complexity index is 282. The van der Waals surface area contributed by atoms with E-state index in [1.54, 1.807) is 11.1 Å². The summed E-state index contributed by atoms with van der Waals surface area (Å²) >= 11 is 0. The molecule has 0 amide bonds. The molecule has 0 aromatic heterocycles. The van der Waals surface area contributed by atoms with Gasteiger partial charge in [0.25, 0.3) is 0 Å². The van der Waals surface area contributed by atoms with Crippen LogP contribution in [0, 0.1) is 23.7 Å². The zero-order chi connectivity index (χ0) is 8.29. The van der Waals surface area contributed by atoms with E-state index in [1.807, 2.05) is 0 Å². The van der Waals surface area contributed by atoms with Gasteiger partial charge >= 0.3 is 0 Å². The molecule has 0 aromatic carbocycles. The van der Waals surface area contributed by atoms with Gasteiger partial charge in [-0.15, -0.1) is 0 Å². The Balaban J connectivity index is 2.00. The number of allylic oxidation sites excluding steroid dienone is 4. The number of hydrogen-bond acceptors (Lipinski definition) is 0. The van der Waals surface area contributed by atoms with Crippen LogP contribution in [0.15, 0.2) is 23.3 Å². The standard InChI is InChI=1S/C12H16/c1-7-3-11-9-5-8(2)10(6-9)12(11)4-7/h4-5,9-12H,3,6H2,1-2H3/t9-,10+,11-,12+/m1/s1. The first kappa shape index (κ1) is 6.94. The highest BCUT2D eigenvalue weighted by atomic mass is 14.5. The molecule has 1 saturated carbocycles. The predicted octanol–water partition coefficient (Wildman–Crippen LogP) is 3.16. The summed E-state index contributed by atoms with van der Waals surface area (Å²) in [7, 11) is 0. The summed E-state index contributed by atoms with van der Waals surface area (Å²) < 4.78 is 0. The maximum Gasteiger partial charge on any atom is -0.0128 e. The van der Waals surface area contributed by atoms with E-state index in [0.717, 1.165) is 23.7 Å². The van der Waals surface area contributed by atoms with Gasteiger partial charge in [-0.05, 0) is 50.4 Å². The maximum atomic E-state index is 2.55. The second-order valence-corrected chi connectivity index (χ2v) is 4.88. The van der Waals surface area contributed by atoms with E-state index >= 15 is 0 Å². The number of fused-ring (bicyclic) bond motifs is 5. The Kier molecular flexibility index (Phi) is 1.18. The smallest absolute Gasteiger partial charge is 0.0128 e. The first-order chi connectivity index (χ1) is 5.75. The van der Waals surface area contributed by atoms with Gasteiger partial charge in [-0.1, -0.05) is 23.3 Å². The van der Waals surface area contributed by atoms with E-state index < -0.39 is 0 Å². The van der Waals surface area contributed by atoms with Crippen molar-refractivity contribution < 1.29 is 0 Å². The summed E-state index contributed by atoms with van der Waals surface area (Å²) in [6, 6.07) is 0. The largest absolute Gasteiger partial charge is 0.0819 e. The third kappa shape index (κ3) is 0.688. The molecule has 2 bridgehead atoms. The van der Waals surface area contributed by atoms with E-state index in [9.17, 15) is 0 Å². The molecule has 0 radical (unpaired) electrons. The van der Waals surface area contributed by atoms with Crippen molar-refractivity contribution in [3.8, 4) is 0 Å². The van der Waals surface area contributed by atoms with E-state index in [1.165, 1.54) is 12.8 Å². The van der Waals surface area contributed by atoms with Crippen LogP contribution in [0.3, 0.4) is 0 Å². The normalized spacial score (nSPS) is 49.2. The van der Waals surface area contributed by atoms with E-state index in [0.29, 0.717) is 0 Å². The third-order valence-electron chi connectivity index (χ3n) is 4.13. The quantitative estimate of drug-likeness (QED) is 0.477. The molecular formula is C12H16. The average molecular weight is 160 g/mol. The molecule has 3 aliphatic carbocycles. The minimum atomic E-state index is 0.928. The molecular weight excluding hydrogens is 144 g/mol. The van der Waals surface area contributed by atoms with Gasteiger partial charge < -0.3 is 0 Å². The zero-order valence-corrected chi connectivity index (χ0v) is 7.88. The van der Waals surface area contributed by atoms with Crippen molar-refractivity contribution in [3.05, 3.63) is 23.3 Å². The second kappa shape index (κ2) is 2.04. The van der Waals surface area contributed by atoms with Gasteiger partial charge in [0.2, 0.25) is 0 Å². The lowest BCUT2D eigenvalue weighted by atomic mass is 9.82. The minimum absolute atomic E-state index is 0.928. The van der Waals surface area contributed by atoms with Crippen molar-refractivity contribution >= 4 is 0 Å².